The van der Waals surface area contributed by atoms with Gasteiger partial charge in [0.05, 0.1) is 5.75 Å². The van der Waals surface area contributed by atoms with Crippen molar-refractivity contribution < 1.29 is 9.53 Å². The molecule has 1 aromatic heterocycles. The average molecular weight is 389 g/mol. The van der Waals surface area contributed by atoms with E-state index < -0.39 is 0 Å². The molecule has 0 spiro atoms. The summed E-state index contributed by atoms with van der Waals surface area (Å²) in [6.07, 6.45) is 2.31. The van der Waals surface area contributed by atoms with E-state index in [2.05, 4.69) is 24.0 Å². The number of hydrogen-bond donors (Lipinski definition) is 0. The van der Waals surface area contributed by atoms with Crippen LogP contribution in [0.5, 0.6) is 5.75 Å². The smallest absolute Gasteiger partial charge is 0.233 e. The molecule has 27 heavy (non-hydrogen) atoms. The van der Waals surface area contributed by atoms with Gasteiger partial charge >= 0.3 is 0 Å². The Labute approximate surface area is 165 Å². The molecule has 6 nitrogen and oxygen atoms in total. The highest BCUT2D eigenvalue weighted by atomic mass is 32.2. The van der Waals surface area contributed by atoms with E-state index in [4.69, 9.17) is 4.74 Å². The molecular weight excluding hydrogens is 360 g/mol. The molecule has 0 aliphatic carbocycles. The number of rotatable bonds is 7. The van der Waals surface area contributed by atoms with E-state index in [0.29, 0.717) is 18.3 Å². The summed E-state index contributed by atoms with van der Waals surface area (Å²) < 4.78 is 7.87. The number of carbonyl (C=O) groups is 1. The lowest BCUT2D eigenvalue weighted by Crippen LogP contribution is -2.40. The Kier molecular flexibility index (Phi) is 6.77. The molecule has 7 heteroatoms. The molecule has 1 saturated heterocycles. The number of aryl methyl sites for hydroxylation is 1. The van der Waals surface area contributed by atoms with Gasteiger partial charge in [0.25, 0.3) is 0 Å². The van der Waals surface area contributed by atoms with Crippen molar-refractivity contribution in [2.45, 2.75) is 51.9 Å². The molecule has 1 aromatic carbocycles. The molecule has 2 heterocycles. The molecule has 0 radical (unpaired) electrons. The summed E-state index contributed by atoms with van der Waals surface area (Å²) in [4.78, 5) is 14.5. The number of ether oxygens (including phenoxy) is 1. The first-order valence-corrected chi connectivity index (χ1v) is 10.6. The number of benzene rings is 1. The first-order chi connectivity index (χ1) is 13.1. The lowest BCUT2D eigenvalue weighted by atomic mass is 10.0. The predicted molar refractivity (Wildman–Crippen MR) is 107 cm³/mol. The molecular formula is C20H28N4O2S. The number of likely N-dealkylation sites (tertiary alicyclic amines) is 1. The van der Waals surface area contributed by atoms with Gasteiger partial charge in [-0.2, -0.15) is 0 Å². The maximum atomic E-state index is 12.5. The minimum Gasteiger partial charge on any atom is -0.486 e. The van der Waals surface area contributed by atoms with Crippen LogP contribution in [-0.4, -0.2) is 44.4 Å². The third-order valence-corrected chi connectivity index (χ3v) is 5.75. The molecule has 1 aliphatic heterocycles. The fourth-order valence-corrected chi connectivity index (χ4v) is 4.26. The average Bonchev–Trinajstić information content (AvgIpc) is 3.06. The zero-order chi connectivity index (χ0) is 19.2. The Morgan fingerprint density at radius 1 is 1.37 bits per heavy atom. The molecule has 2 aromatic rings. The molecule has 1 unspecified atom stereocenters. The summed E-state index contributed by atoms with van der Waals surface area (Å²) in [6, 6.07) is 7.95. The largest absolute Gasteiger partial charge is 0.486 e. The van der Waals surface area contributed by atoms with Crippen molar-refractivity contribution in [1.29, 1.82) is 0 Å². The number of hydrogen-bond acceptors (Lipinski definition) is 5. The monoisotopic (exact) mass is 388 g/mol. The summed E-state index contributed by atoms with van der Waals surface area (Å²) in [5.74, 6) is 2.79. The van der Waals surface area contributed by atoms with Gasteiger partial charge in [-0.1, -0.05) is 30.8 Å². The van der Waals surface area contributed by atoms with Crippen LogP contribution in [0.2, 0.25) is 0 Å². The number of nitrogens with zero attached hydrogens (tertiary/aromatic N) is 4. The summed E-state index contributed by atoms with van der Waals surface area (Å²) in [5, 5.41) is 9.32. The van der Waals surface area contributed by atoms with E-state index in [1.807, 2.05) is 40.7 Å². The van der Waals surface area contributed by atoms with Crippen molar-refractivity contribution in [1.82, 2.24) is 19.7 Å². The lowest BCUT2D eigenvalue weighted by Gasteiger charge is -2.30. The van der Waals surface area contributed by atoms with Crippen LogP contribution in [0.25, 0.3) is 0 Å². The van der Waals surface area contributed by atoms with Gasteiger partial charge in [0, 0.05) is 19.6 Å². The van der Waals surface area contributed by atoms with Gasteiger partial charge in [0.2, 0.25) is 5.91 Å². The summed E-state index contributed by atoms with van der Waals surface area (Å²) in [5.41, 5.74) is 1.16. The van der Waals surface area contributed by atoms with Crippen LogP contribution < -0.4 is 4.74 Å². The fourth-order valence-electron chi connectivity index (χ4n) is 3.34. The highest BCUT2D eigenvalue weighted by Gasteiger charge is 2.22. The zero-order valence-electron chi connectivity index (χ0n) is 16.4. The van der Waals surface area contributed by atoms with Crippen molar-refractivity contribution in [3.8, 4) is 5.75 Å². The van der Waals surface area contributed by atoms with Crippen molar-refractivity contribution >= 4 is 17.7 Å². The molecule has 1 aliphatic rings. The Bertz CT molecular complexity index is 777. The summed E-state index contributed by atoms with van der Waals surface area (Å²) >= 11 is 1.46. The molecule has 1 fully saturated rings. The van der Waals surface area contributed by atoms with E-state index in [1.165, 1.54) is 18.2 Å². The van der Waals surface area contributed by atoms with Crippen molar-refractivity contribution in [3.63, 3.8) is 0 Å². The van der Waals surface area contributed by atoms with Gasteiger partial charge in [-0.05, 0) is 50.3 Å². The molecule has 0 saturated carbocycles. The number of thioether (sulfide) groups is 1. The number of carbonyl (C=O) groups excluding carboxylic acids is 1. The van der Waals surface area contributed by atoms with Crippen LogP contribution in [0.15, 0.2) is 29.4 Å². The molecule has 1 atom stereocenters. The Hall–Kier alpha value is -2.02. The summed E-state index contributed by atoms with van der Waals surface area (Å²) in [6.45, 7) is 9.16. The van der Waals surface area contributed by atoms with Gasteiger partial charge < -0.3 is 14.2 Å². The van der Waals surface area contributed by atoms with E-state index >= 15 is 0 Å². The molecule has 0 N–H and O–H groups in total. The number of aromatic nitrogens is 3. The van der Waals surface area contributed by atoms with E-state index in [0.717, 1.165) is 48.3 Å². The van der Waals surface area contributed by atoms with Crippen LogP contribution in [0, 0.1) is 12.8 Å². The van der Waals surface area contributed by atoms with Gasteiger partial charge in [-0.3, -0.25) is 4.79 Å². The van der Waals surface area contributed by atoms with Crippen molar-refractivity contribution in [2.75, 3.05) is 18.8 Å². The second-order valence-corrected chi connectivity index (χ2v) is 8.07. The molecule has 146 valence electrons. The van der Waals surface area contributed by atoms with Gasteiger partial charge in [-0.15, -0.1) is 10.2 Å². The molecule has 1 amide bonds. The normalized spacial score (nSPS) is 17.1. The SMILES string of the molecule is CCn1c(COc2cccc(C)c2)nnc1SCC(=O)N1CCCC(C)C1. The van der Waals surface area contributed by atoms with E-state index in [1.54, 1.807) is 0 Å². The quantitative estimate of drug-likeness (QED) is 0.679. The topological polar surface area (TPSA) is 60.2 Å². The van der Waals surface area contributed by atoms with Crippen molar-refractivity contribution in [3.05, 3.63) is 35.7 Å². The van der Waals surface area contributed by atoms with Gasteiger partial charge in [0.1, 0.15) is 12.4 Å². The van der Waals surface area contributed by atoms with E-state index in [-0.39, 0.29) is 5.91 Å². The van der Waals surface area contributed by atoms with Crippen molar-refractivity contribution in [2.24, 2.45) is 5.92 Å². The predicted octanol–water partition coefficient (Wildman–Crippen LogP) is 3.54. The molecule has 3 rings (SSSR count). The number of piperidine rings is 1. The Morgan fingerprint density at radius 3 is 2.96 bits per heavy atom. The summed E-state index contributed by atoms with van der Waals surface area (Å²) in [7, 11) is 0. The van der Waals surface area contributed by atoms with Crippen LogP contribution in [0.4, 0.5) is 0 Å². The fraction of sp³-hybridized carbons (Fsp3) is 0.550. The van der Waals surface area contributed by atoms with Crippen LogP contribution in [0.3, 0.4) is 0 Å². The van der Waals surface area contributed by atoms with Gasteiger partial charge in [0.15, 0.2) is 11.0 Å². The Balaban J connectivity index is 1.57. The standard InChI is InChI=1S/C20H28N4O2S/c1-4-24-18(13-26-17-9-5-7-15(2)11-17)21-22-20(24)27-14-19(25)23-10-6-8-16(3)12-23/h5,7,9,11,16H,4,6,8,10,12-14H2,1-3H3. The first kappa shape index (κ1) is 19.7. The first-order valence-electron chi connectivity index (χ1n) is 9.59. The zero-order valence-corrected chi connectivity index (χ0v) is 17.2. The highest BCUT2D eigenvalue weighted by Crippen LogP contribution is 2.21. The van der Waals surface area contributed by atoms with Crippen LogP contribution in [0.1, 0.15) is 38.1 Å². The maximum absolute atomic E-state index is 12.5. The molecule has 0 bridgehead atoms. The lowest BCUT2D eigenvalue weighted by molar-refractivity contribution is -0.130. The minimum atomic E-state index is 0.190. The van der Waals surface area contributed by atoms with Gasteiger partial charge in [-0.25, -0.2) is 0 Å². The van der Waals surface area contributed by atoms with Crippen LogP contribution in [-0.2, 0) is 17.9 Å². The van der Waals surface area contributed by atoms with E-state index in [9.17, 15) is 4.79 Å². The van der Waals surface area contributed by atoms with Crippen LogP contribution >= 0.6 is 11.8 Å². The third-order valence-electron chi connectivity index (χ3n) is 4.80. The minimum absolute atomic E-state index is 0.190. The second kappa shape index (κ2) is 9.26. The third kappa shape index (κ3) is 5.25. The number of amides is 1. The maximum Gasteiger partial charge on any atom is 0.233 e. The highest BCUT2D eigenvalue weighted by molar-refractivity contribution is 7.99. The Morgan fingerprint density at radius 2 is 2.22 bits per heavy atom. The second-order valence-electron chi connectivity index (χ2n) is 7.12.